The van der Waals surface area contributed by atoms with E-state index in [0.717, 1.165) is 31.4 Å². The summed E-state index contributed by atoms with van der Waals surface area (Å²) in [5.41, 5.74) is 0.775. The Labute approximate surface area is 105 Å². The Morgan fingerprint density at radius 1 is 1.61 bits per heavy atom. The van der Waals surface area contributed by atoms with Crippen molar-refractivity contribution in [2.24, 2.45) is 5.92 Å². The second-order valence-corrected chi connectivity index (χ2v) is 4.83. The van der Waals surface area contributed by atoms with Crippen molar-refractivity contribution in [2.45, 2.75) is 32.3 Å². The summed E-state index contributed by atoms with van der Waals surface area (Å²) >= 11 is 0. The Balaban J connectivity index is 1.95. The predicted octanol–water partition coefficient (Wildman–Crippen LogP) is 1.87. The summed E-state index contributed by atoms with van der Waals surface area (Å²) in [6, 6.07) is 1.51. The minimum Gasteiger partial charge on any atom is -0.393 e. The Hall–Kier alpha value is -1.69. The van der Waals surface area contributed by atoms with E-state index in [4.69, 9.17) is 0 Å². The first kappa shape index (κ1) is 12.8. The van der Waals surface area contributed by atoms with Crippen LogP contribution in [0.15, 0.2) is 12.3 Å². The summed E-state index contributed by atoms with van der Waals surface area (Å²) in [6.07, 6.45) is 3.78. The maximum absolute atomic E-state index is 10.6. The van der Waals surface area contributed by atoms with Gasteiger partial charge in [-0.05, 0) is 37.7 Å². The van der Waals surface area contributed by atoms with Crippen LogP contribution in [-0.2, 0) is 0 Å². The Bertz CT molecular complexity index is 450. The van der Waals surface area contributed by atoms with Crippen LogP contribution in [0, 0.1) is 23.0 Å². The van der Waals surface area contributed by atoms with Crippen molar-refractivity contribution in [1.82, 2.24) is 4.98 Å². The van der Waals surface area contributed by atoms with Crippen molar-refractivity contribution >= 4 is 11.5 Å². The topological polar surface area (TPSA) is 88.3 Å². The minimum atomic E-state index is -0.447. The number of aryl methyl sites for hydroxylation is 1. The monoisotopic (exact) mass is 251 g/mol. The van der Waals surface area contributed by atoms with Gasteiger partial charge in [0.2, 0.25) is 0 Å². The van der Waals surface area contributed by atoms with E-state index in [0.29, 0.717) is 11.7 Å². The van der Waals surface area contributed by atoms with Crippen LogP contribution in [0.2, 0.25) is 0 Å². The van der Waals surface area contributed by atoms with Gasteiger partial charge in [0, 0.05) is 12.6 Å². The molecular weight excluding hydrogens is 234 g/mol. The molecule has 1 fully saturated rings. The molecule has 98 valence electrons. The number of nitro groups is 1. The Morgan fingerprint density at radius 3 is 2.94 bits per heavy atom. The van der Waals surface area contributed by atoms with Gasteiger partial charge in [0.15, 0.2) is 0 Å². The lowest BCUT2D eigenvalue weighted by atomic mass is 10.1. The van der Waals surface area contributed by atoms with Crippen LogP contribution in [-0.4, -0.2) is 27.7 Å². The van der Waals surface area contributed by atoms with Gasteiger partial charge in [-0.15, -0.1) is 0 Å². The highest BCUT2D eigenvalue weighted by Crippen LogP contribution is 2.26. The van der Waals surface area contributed by atoms with Crippen molar-refractivity contribution in [1.29, 1.82) is 0 Å². The van der Waals surface area contributed by atoms with E-state index in [-0.39, 0.29) is 11.8 Å². The first-order valence-electron chi connectivity index (χ1n) is 6.09. The molecule has 1 saturated carbocycles. The number of nitrogens with one attached hydrogen (secondary N) is 1. The van der Waals surface area contributed by atoms with Crippen LogP contribution in [0.25, 0.3) is 0 Å². The van der Waals surface area contributed by atoms with Gasteiger partial charge < -0.3 is 10.4 Å². The standard InChI is InChI=1S/C12H17N3O3/c1-8-4-10(15(17)18)7-14-12(8)13-6-9-2-3-11(16)5-9/h4,7,9,11,16H,2-3,5-6H2,1H3,(H,13,14). The highest BCUT2D eigenvalue weighted by Gasteiger charge is 2.22. The SMILES string of the molecule is Cc1cc([N+](=O)[O-])cnc1NCC1CCC(O)C1. The molecule has 1 aliphatic rings. The van der Waals surface area contributed by atoms with Gasteiger partial charge in [-0.1, -0.05) is 0 Å². The summed E-state index contributed by atoms with van der Waals surface area (Å²) in [5, 5.41) is 23.2. The van der Waals surface area contributed by atoms with Crippen molar-refractivity contribution in [2.75, 3.05) is 11.9 Å². The lowest BCUT2D eigenvalue weighted by Gasteiger charge is -2.12. The molecule has 0 saturated heterocycles. The zero-order valence-electron chi connectivity index (χ0n) is 10.3. The van der Waals surface area contributed by atoms with Gasteiger partial charge in [-0.2, -0.15) is 0 Å². The molecule has 0 aliphatic heterocycles. The fourth-order valence-corrected chi connectivity index (χ4v) is 2.32. The summed E-state index contributed by atoms with van der Waals surface area (Å²) in [7, 11) is 0. The number of hydrogen-bond acceptors (Lipinski definition) is 5. The molecule has 2 N–H and O–H groups in total. The fourth-order valence-electron chi connectivity index (χ4n) is 2.32. The molecule has 6 heteroatoms. The molecule has 18 heavy (non-hydrogen) atoms. The first-order valence-corrected chi connectivity index (χ1v) is 6.09. The highest BCUT2D eigenvalue weighted by molar-refractivity contribution is 5.48. The lowest BCUT2D eigenvalue weighted by Crippen LogP contribution is -2.14. The third-order valence-corrected chi connectivity index (χ3v) is 3.35. The third-order valence-electron chi connectivity index (χ3n) is 3.35. The van der Waals surface area contributed by atoms with Crippen molar-refractivity contribution in [3.8, 4) is 0 Å². The predicted molar refractivity (Wildman–Crippen MR) is 67.5 cm³/mol. The van der Waals surface area contributed by atoms with Crippen LogP contribution in [0.1, 0.15) is 24.8 Å². The van der Waals surface area contributed by atoms with Crippen LogP contribution in [0.5, 0.6) is 0 Å². The van der Waals surface area contributed by atoms with E-state index in [1.54, 1.807) is 6.92 Å². The van der Waals surface area contributed by atoms with Gasteiger partial charge in [0.05, 0.1) is 11.0 Å². The van der Waals surface area contributed by atoms with E-state index in [1.165, 1.54) is 12.3 Å². The van der Waals surface area contributed by atoms with E-state index >= 15 is 0 Å². The molecule has 0 amide bonds. The number of aliphatic hydroxyl groups is 1. The van der Waals surface area contributed by atoms with E-state index in [1.807, 2.05) is 0 Å². The molecule has 0 spiro atoms. The summed E-state index contributed by atoms with van der Waals surface area (Å²) in [5.74, 6) is 1.14. The third kappa shape index (κ3) is 2.95. The van der Waals surface area contributed by atoms with Crippen molar-refractivity contribution in [3.05, 3.63) is 27.9 Å². The van der Waals surface area contributed by atoms with Crippen LogP contribution in [0.3, 0.4) is 0 Å². The zero-order chi connectivity index (χ0) is 13.1. The zero-order valence-corrected chi connectivity index (χ0v) is 10.3. The normalized spacial score (nSPS) is 23.0. The van der Waals surface area contributed by atoms with Crippen LogP contribution in [0.4, 0.5) is 11.5 Å². The van der Waals surface area contributed by atoms with Gasteiger partial charge >= 0.3 is 0 Å². The molecule has 1 heterocycles. The van der Waals surface area contributed by atoms with Crippen LogP contribution < -0.4 is 5.32 Å². The molecule has 1 aliphatic carbocycles. The maximum atomic E-state index is 10.6. The first-order chi connectivity index (χ1) is 8.56. The van der Waals surface area contributed by atoms with Crippen molar-refractivity contribution < 1.29 is 10.0 Å². The minimum absolute atomic E-state index is 0.00865. The second-order valence-electron chi connectivity index (χ2n) is 4.83. The summed E-state index contributed by atoms with van der Waals surface area (Å²) in [6.45, 7) is 2.55. The number of aromatic nitrogens is 1. The van der Waals surface area contributed by atoms with Gasteiger partial charge in [-0.25, -0.2) is 4.98 Å². The number of nitrogens with zero attached hydrogens (tertiary/aromatic N) is 2. The number of aliphatic hydroxyl groups excluding tert-OH is 1. The highest BCUT2D eigenvalue weighted by atomic mass is 16.6. The van der Waals surface area contributed by atoms with Crippen LogP contribution >= 0.6 is 0 Å². The Kier molecular flexibility index (Phi) is 3.76. The molecule has 0 radical (unpaired) electrons. The van der Waals surface area contributed by atoms with Crippen molar-refractivity contribution in [3.63, 3.8) is 0 Å². The molecular formula is C12H17N3O3. The Morgan fingerprint density at radius 2 is 2.39 bits per heavy atom. The molecule has 2 unspecified atom stereocenters. The van der Waals surface area contributed by atoms with Gasteiger partial charge in [-0.3, -0.25) is 10.1 Å². The molecule has 2 rings (SSSR count). The number of hydrogen-bond donors (Lipinski definition) is 2. The molecule has 2 atom stereocenters. The summed E-state index contributed by atoms with van der Waals surface area (Å²) in [4.78, 5) is 14.2. The van der Waals surface area contributed by atoms with Gasteiger partial charge in [0.25, 0.3) is 5.69 Å². The quantitative estimate of drug-likeness (QED) is 0.630. The molecule has 0 bridgehead atoms. The average molecular weight is 251 g/mol. The van der Waals surface area contributed by atoms with E-state index < -0.39 is 4.92 Å². The fraction of sp³-hybridized carbons (Fsp3) is 0.583. The number of rotatable bonds is 4. The number of pyridine rings is 1. The molecule has 0 aromatic carbocycles. The number of anilines is 1. The molecule has 1 aromatic heterocycles. The van der Waals surface area contributed by atoms with Gasteiger partial charge in [0.1, 0.15) is 12.0 Å². The van der Waals surface area contributed by atoms with E-state index in [9.17, 15) is 15.2 Å². The molecule has 1 aromatic rings. The molecule has 6 nitrogen and oxygen atoms in total. The smallest absolute Gasteiger partial charge is 0.287 e. The van der Waals surface area contributed by atoms with E-state index in [2.05, 4.69) is 10.3 Å². The summed E-state index contributed by atoms with van der Waals surface area (Å²) < 4.78 is 0. The lowest BCUT2D eigenvalue weighted by molar-refractivity contribution is -0.385. The average Bonchev–Trinajstić information content (AvgIpc) is 2.73. The maximum Gasteiger partial charge on any atom is 0.287 e. The largest absolute Gasteiger partial charge is 0.393 e. The second kappa shape index (κ2) is 5.30.